The van der Waals surface area contributed by atoms with Crippen molar-refractivity contribution in [2.24, 2.45) is 7.05 Å². The van der Waals surface area contributed by atoms with E-state index in [4.69, 9.17) is 16.6 Å². The molecular formula is C25H27ClN6O2. The van der Waals surface area contributed by atoms with Crippen molar-refractivity contribution in [3.05, 3.63) is 91.1 Å². The number of imidazole rings is 1. The molecule has 0 aliphatic carbocycles. The minimum Gasteiger partial charge on any atom is -0.340 e. The van der Waals surface area contributed by atoms with Crippen LogP contribution in [0.25, 0.3) is 11.2 Å². The second-order valence-electron chi connectivity index (χ2n) is 8.87. The number of fused-ring (bicyclic) bond motifs is 1. The van der Waals surface area contributed by atoms with Crippen LogP contribution in [0.15, 0.2) is 58.1 Å². The summed E-state index contributed by atoms with van der Waals surface area (Å²) in [4.78, 5) is 36.8. The summed E-state index contributed by atoms with van der Waals surface area (Å²) in [7, 11) is 1.63. The van der Waals surface area contributed by atoms with Gasteiger partial charge >= 0.3 is 5.69 Å². The highest BCUT2D eigenvalue weighted by Crippen LogP contribution is 2.24. The molecule has 0 unspecified atom stereocenters. The number of H-pyrrole nitrogens is 1. The smallest absolute Gasteiger partial charge is 0.329 e. The van der Waals surface area contributed by atoms with Crippen LogP contribution in [0.5, 0.6) is 0 Å². The summed E-state index contributed by atoms with van der Waals surface area (Å²) in [6.45, 7) is 6.73. The number of nitrogens with zero attached hydrogens (tertiary/aromatic N) is 5. The lowest BCUT2D eigenvalue weighted by atomic mass is 10.1. The molecule has 8 nitrogen and oxygen atoms in total. The molecule has 1 fully saturated rings. The summed E-state index contributed by atoms with van der Waals surface area (Å²) >= 11 is 6.21. The third kappa shape index (κ3) is 4.38. The molecule has 3 heterocycles. The van der Waals surface area contributed by atoms with Gasteiger partial charge in [-0.25, -0.2) is 4.79 Å². The third-order valence-corrected chi connectivity index (χ3v) is 6.63. The van der Waals surface area contributed by atoms with Gasteiger partial charge in [0, 0.05) is 44.8 Å². The first kappa shape index (κ1) is 22.4. The van der Waals surface area contributed by atoms with Gasteiger partial charge in [-0.15, -0.1) is 0 Å². The summed E-state index contributed by atoms with van der Waals surface area (Å²) in [6, 6.07) is 16.2. The highest BCUT2D eigenvalue weighted by atomic mass is 35.5. The van der Waals surface area contributed by atoms with E-state index in [-0.39, 0.29) is 0 Å². The zero-order valence-electron chi connectivity index (χ0n) is 19.3. The highest BCUT2D eigenvalue weighted by Gasteiger charge is 2.25. The van der Waals surface area contributed by atoms with Gasteiger partial charge in [0.05, 0.1) is 6.54 Å². The number of rotatable bonds is 5. The Kier molecular flexibility index (Phi) is 6.02. The molecule has 2 aromatic carbocycles. The van der Waals surface area contributed by atoms with E-state index in [0.29, 0.717) is 28.7 Å². The van der Waals surface area contributed by atoms with E-state index in [1.807, 2.05) is 28.8 Å². The molecular weight excluding hydrogens is 452 g/mol. The van der Waals surface area contributed by atoms with Gasteiger partial charge in [-0.1, -0.05) is 53.6 Å². The van der Waals surface area contributed by atoms with Crippen LogP contribution in [0.1, 0.15) is 16.7 Å². The molecule has 1 N–H and O–H groups in total. The lowest BCUT2D eigenvalue weighted by molar-refractivity contribution is 0.248. The van der Waals surface area contributed by atoms with Crippen LogP contribution in [-0.4, -0.2) is 50.2 Å². The Balaban J connectivity index is 1.46. The molecule has 0 spiro atoms. The second kappa shape index (κ2) is 9.12. The molecule has 5 rings (SSSR count). The Labute approximate surface area is 202 Å². The van der Waals surface area contributed by atoms with E-state index in [0.717, 1.165) is 38.3 Å². The van der Waals surface area contributed by atoms with E-state index < -0.39 is 11.2 Å². The van der Waals surface area contributed by atoms with Gasteiger partial charge in [0.25, 0.3) is 5.56 Å². The van der Waals surface area contributed by atoms with Crippen molar-refractivity contribution >= 4 is 28.7 Å². The molecule has 1 saturated heterocycles. The van der Waals surface area contributed by atoms with Crippen LogP contribution in [-0.2, 0) is 20.1 Å². The number of hydrogen-bond donors (Lipinski definition) is 1. The minimum atomic E-state index is -0.473. The van der Waals surface area contributed by atoms with Crippen LogP contribution in [0.2, 0.25) is 5.02 Å². The fraction of sp³-hybridized carbons (Fsp3) is 0.320. The van der Waals surface area contributed by atoms with Crippen molar-refractivity contribution in [3.63, 3.8) is 0 Å². The number of halogens is 1. The molecule has 2 aromatic heterocycles. The second-order valence-corrected chi connectivity index (χ2v) is 9.30. The number of aromatic nitrogens is 4. The van der Waals surface area contributed by atoms with E-state index in [1.165, 1.54) is 15.7 Å². The summed E-state index contributed by atoms with van der Waals surface area (Å²) in [5.74, 6) is 0.691. The Bertz CT molecular complexity index is 1450. The van der Waals surface area contributed by atoms with Crippen molar-refractivity contribution in [1.82, 2.24) is 24.0 Å². The Morgan fingerprint density at radius 3 is 2.41 bits per heavy atom. The predicted octanol–water partition coefficient (Wildman–Crippen LogP) is 2.76. The number of nitrogens with one attached hydrogen (secondary N) is 1. The maximum atomic E-state index is 12.8. The van der Waals surface area contributed by atoms with Crippen molar-refractivity contribution in [2.45, 2.75) is 20.0 Å². The fourth-order valence-corrected chi connectivity index (χ4v) is 4.70. The molecule has 0 atom stereocenters. The van der Waals surface area contributed by atoms with Gasteiger partial charge in [-0.3, -0.25) is 23.8 Å². The largest absolute Gasteiger partial charge is 0.340 e. The zero-order valence-corrected chi connectivity index (χ0v) is 20.0. The van der Waals surface area contributed by atoms with E-state index in [1.54, 1.807) is 7.05 Å². The first-order valence-electron chi connectivity index (χ1n) is 11.4. The van der Waals surface area contributed by atoms with Crippen molar-refractivity contribution in [2.75, 3.05) is 31.1 Å². The van der Waals surface area contributed by atoms with Gasteiger partial charge in [0.15, 0.2) is 11.2 Å². The molecule has 1 aliphatic rings. The fourth-order valence-electron chi connectivity index (χ4n) is 4.49. The number of piperazine rings is 1. The number of hydrogen-bond acceptors (Lipinski definition) is 5. The van der Waals surface area contributed by atoms with Gasteiger partial charge in [0.2, 0.25) is 5.95 Å². The summed E-state index contributed by atoms with van der Waals surface area (Å²) in [5.41, 5.74) is 3.38. The van der Waals surface area contributed by atoms with Gasteiger partial charge < -0.3 is 4.90 Å². The molecule has 1 aliphatic heterocycles. The summed E-state index contributed by atoms with van der Waals surface area (Å²) in [5, 5.41) is 0.634. The molecule has 9 heteroatoms. The Morgan fingerprint density at radius 2 is 1.71 bits per heavy atom. The first-order chi connectivity index (χ1) is 16.4. The molecule has 34 heavy (non-hydrogen) atoms. The Hall–Kier alpha value is -3.36. The SMILES string of the molecule is Cc1ccc(CN2CCN(c3nc4c(c(=O)[nH]c(=O)n4C)n3Cc3cccc(Cl)c3)CC2)cc1. The van der Waals surface area contributed by atoms with Crippen LogP contribution in [0.3, 0.4) is 0 Å². The molecule has 0 bridgehead atoms. The summed E-state index contributed by atoms with van der Waals surface area (Å²) in [6.07, 6.45) is 0. The van der Waals surface area contributed by atoms with E-state index in [9.17, 15) is 9.59 Å². The topological polar surface area (TPSA) is 79.2 Å². The standard InChI is InChI=1S/C25H27ClN6O2/c1-17-6-8-18(9-7-17)15-30-10-12-31(13-11-30)24-27-22-21(23(33)28-25(34)29(22)2)32(24)16-19-4-3-5-20(26)14-19/h3-9,14H,10-13,15-16H2,1-2H3,(H,28,33,34). The normalized spacial score (nSPS) is 14.7. The first-order valence-corrected chi connectivity index (χ1v) is 11.7. The number of aromatic amines is 1. The zero-order chi connectivity index (χ0) is 23.8. The van der Waals surface area contributed by atoms with Crippen LogP contribution in [0, 0.1) is 6.92 Å². The number of aryl methyl sites for hydroxylation is 2. The number of benzene rings is 2. The monoisotopic (exact) mass is 478 g/mol. The van der Waals surface area contributed by atoms with Crippen LogP contribution in [0.4, 0.5) is 5.95 Å². The van der Waals surface area contributed by atoms with Gasteiger partial charge in [-0.2, -0.15) is 4.98 Å². The van der Waals surface area contributed by atoms with Crippen LogP contribution >= 0.6 is 11.6 Å². The molecule has 0 radical (unpaired) electrons. The van der Waals surface area contributed by atoms with Crippen LogP contribution < -0.4 is 16.1 Å². The lowest BCUT2D eigenvalue weighted by Crippen LogP contribution is -2.46. The average Bonchev–Trinajstić information content (AvgIpc) is 3.19. The molecule has 176 valence electrons. The average molecular weight is 479 g/mol. The van der Waals surface area contributed by atoms with E-state index in [2.05, 4.69) is 46.0 Å². The van der Waals surface area contributed by atoms with Crippen molar-refractivity contribution in [1.29, 1.82) is 0 Å². The minimum absolute atomic E-state index is 0.382. The van der Waals surface area contributed by atoms with Gasteiger partial charge in [0.1, 0.15) is 0 Å². The summed E-state index contributed by atoms with van der Waals surface area (Å²) < 4.78 is 3.29. The maximum Gasteiger partial charge on any atom is 0.329 e. The maximum absolute atomic E-state index is 12.8. The molecule has 4 aromatic rings. The van der Waals surface area contributed by atoms with Crippen molar-refractivity contribution < 1.29 is 0 Å². The van der Waals surface area contributed by atoms with Gasteiger partial charge in [-0.05, 0) is 30.2 Å². The third-order valence-electron chi connectivity index (χ3n) is 6.40. The molecule has 0 amide bonds. The predicted molar refractivity (Wildman–Crippen MR) is 135 cm³/mol. The number of anilines is 1. The van der Waals surface area contributed by atoms with E-state index >= 15 is 0 Å². The Morgan fingerprint density at radius 1 is 0.971 bits per heavy atom. The highest BCUT2D eigenvalue weighted by molar-refractivity contribution is 6.30. The molecule has 0 saturated carbocycles. The lowest BCUT2D eigenvalue weighted by Gasteiger charge is -2.35. The quantitative estimate of drug-likeness (QED) is 0.477. The van der Waals surface area contributed by atoms with Crippen molar-refractivity contribution in [3.8, 4) is 0 Å².